The molecular weight excluding hydrogens is 208 g/mol. The van der Waals surface area contributed by atoms with Crippen LogP contribution in [0.3, 0.4) is 0 Å². The van der Waals surface area contributed by atoms with Crippen LogP contribution in [-0.2, 0) is 0 Å². The van der Waals surface area contributed by atoms with Gasteiger partial charge in [0.1, 0.15) is 0 Å². The van der Waals surface area contributed by atoms with Crippen molar-refractivity contribution in [2.45, 2.75) is 26.7 Å². The fraction of sp³-hybridized carbons (Fsp3) is 0.533. The molecular formula is C15H20N2. The van der Waals surface area contributed by atoms with Crippen molar-refractivity contribution in [3.8, 4) is 0 Å². The molecule has 1 aliphatic rings. The van der Waals surface area contributed by atoms with Crippen LogP contribution < -0.4 is 4.90 Å². The van der Waals surface area contributed by atoms with Crippen molar-refractivity contribution in [1.82, 2.24) is 0 Å². The Balaban J connectivity index is 2.19. The van der Waals surface area contributed by atoms with Gasteiger partial charge in [0.2, 0.25) is 5.69 Å². The van der Waals surface area contributed by atoms with Gasteiger partial charge >= 0.3 is 0 Å². The molecule has 2 nitrogen and oxygen atoms in total. The molecule has 1 aromatic carbocycles. The molecule has 0 radical (unpaired) electrons. The SMILES string of the molecule is [C-]#[N+]c1ccccc1N1CCCC(C(C)C)C1. The lowest BCUT2D eigenvalue weighted by atomic mass is 9.87. The molecule has 1 fully saturated rings. The summed E-state index contributed by atoms with van der Waals surface area (Å²) in [6.45, 7) is 14.0. The monoisotopic (exact) mass is 228 g/mol. The van der Waals surface area contributed by atoms with Crippen LogP contribution >= 0.6 is 0 Å². The van der Waals surface area contributed by atoms with Crippen molar-refractivity contribution in [1.29, 1.82) is 0 Å². The third kappa shape index (κ3) is 2.61. The summed E-state index contributed by atoms with van der Waals surface area (Å²) in [5.74, 6) is 1.50. The minimum absolute atomic E-state index is 0.734. The molecule has 1 saturated heterocycles. The van der Waals surface area contributed by atoms with E-state index < -0.39 is 0 Å². The van der Waals surface area contributed by atoms with E-state index in [9.17, 15) is 0 Å². The molecule has 90 valence electrons. The second-order valence-electron chi connectivity index (χ2n) is 5.19. The van der Waals surface area contributed by atoms with E-state index in [1.807, 2.05) is 18.2 Å². The first kappa shape index (κ1) is 12.0. The second-order valence-corrected chi connectivity index (χ2v) is 5.19. The number of hydrogen-bond donors (Lipinski definition) is 0. The lowest BCUT2D eigenvalue weighted by Gasteiger charge is -2.37. The summed E-state index contributed by atoms with van der Waals surface area (Å²) < 4.78 is 0. The molecule has 17 heavy (non-hydrogen) atoms. The van der Waals surface area contributed by atoms with E-state index in [-0.39, 0.29) is 0 Å². The maximum absolute atomic E-state index is 7.24. The number of piperidine rings is 1. The van der Waals surface area contributed by atoms with Gasteiger partial charge in [0.25, 0.3) is 0 Å². The smallest absolute Gasteiger partial charge is 0.209 e. The zero-order valence-electron chi connectivity index (χ0n) is 10.7. The number of hydrogen-bond acceptors (Lipinski definition) is 1. The van der Waals surface area contributed by atoms with Gasteiger partial charge in [-0.1, -0.05) is 32.0 Å². The van der Waals surface area contributed by atoms with Crippen molar-refractivity contribution in [2.75, 3.05) is 18.0 Å². The third-order valence-corrected chi connectivity index (χ3v) is 3.74. The Morgan fingerprint density at radius 1 is 1.35 bits per heavy atom. The number of rotatable bonds is 2. The quantitative estimate of drug-likeness (QED) is 0.691. The highest BCUT2D eigenvalue weighted by atomic mass is 15.1. The normalized spacial score (nSPS) is 20.4. The summed E-state index contributed by atoms with van der Waals surface area (Å²) in [4.78, 5) is 6.01. The molecule has 1 heterocycles. The molecule has 0 N–H and O–H groups in total. The van der Waals surface area contributed by atoms with Gasteiger partial charge in [-0.3, -0.25) is 0 Å². The van der Waals surface area contributed by atoms with Crippen molar-refractivity contribution in [3.63, 3.8) is 0 Å². The molecule has 0 aromatic heterocycles. The number of benzene rings is 1. The largest absolute Gasteiger partial charge is 0.380 e. The van der Waals surface area contributed by atoms with Crippen LogP contribution in [0, 0.1) is 18.4 Å². The average Bonchev–Trinajstić information content (AvgIpc) is 2.39. The Bertz CT molecular complexity index is 417. The van der Waals surface area contributed by atoms with Crippen LogP contribution in [-0.4, -0.2) is 13.1 Å². The van der Waals surface area contributed by atoms with Crippen molar-refractivity contribution in [3.05, 3.63) is 35.7 Å². The molecule has 0 saturated carbocycles. The van der Waals surface area contributed by atoms with Crippen LogP contribution in [0.4, 0.5) is 11.4 Å². The Labute approximate surface area is 104 Å². The highest BCUT2D eigenvalue weighted by Crippen LogP contribution is 2.33. The maximum atomic E-state index is 7.24. The highest BCUT2D eigenvalue weighted by molar-refractivity contribution is 5.70. The van der Waals surface area contributed by atoms with Gasteiger partial charge in [-0.05, 0) is 30.7 Å². The van der Waals surface area contributed by atoms with Gasteiger partial charge in [0, 0.05) is 18.8 Å². The molecule has 2 rings (SSSR count). The minimum atomic E-state index is 0.734. The van der Waals surface area contributed by atoms with E-state index in [4.69, 9.17) is 6.57 Å². The summed E-state index contributed by atoms with van der Waals surface area (Å²) in [7, 11) is 0. The fourth-order valence-electron chi connectivity index (χ4n) is 2.60. The first-order chi connectivity index (χ1) is 8.22. The van der Waals surface area contributed by atoms with E-state index in [2.05, 4.69) is 29.7 Å². The average molecular weight is 228 g/mol. The predicted molar refractivity (Wildman–Crippen MR) is 72.5 cm³/mol. The molecule has 1 aliphatic heterocycles. The third-order valence-electron chi connectivity index (χ3n) is 3.74. The lowest BCUT2D eigenvalue weighted by Crippen LogP contribution is -2.37. The molecule has 0 amide bonds. The van der Waals surface area contributed by atoms with Gasteiger partial charge in [0.05, 0.1) is 6.57 Å². The standard InChI is InChI=1S/C15H20N2/c1-12(2)13-7-6-10-17(11-13)15-9-5-4-8-14(15)16-3/h4-5,8-9,12-13H,6-7,10-11H2,1-2H3. The van der Waals surface area contributed by atoms with E-state index in [1.165, 1.54) is 12.8 Å². The first-order valence-corrected chi connectivity index (χ1v) is 6.44. The molecule has 1 unspecified atom stereocenters. The number of nitrogens with zero attached hydrogens (tertiary/aromatic N) is 2. The van der Waals surface area contributed by atoms with Crippen LogP contribution in [0.1, 0.15) is 26.7 Å². The summed E-state index contributed by atoms with van der Waals surface area (Å²) in [6.07, 6.45) is 2.57. The molecule has 0 bridgehead atoms. The van der Waals surface area contributed by atoms with Gasteiger partial charge in [-0.25, -0.2) is 4.85 Å². The molecule has 1 aromatic rings. The Hall–Kier alpha value is -1.49. The van der Waals surface area contributed by atoms with Gasteiger partial charge in [-0.15, -0.1) is 0 Å². The Morgan fingerprint density at radius 3 is 2.82 bits per heavy atom. The Kier molecular flexibility index (Phi) is 3.68. The fourth-order valence-corrected chi connectivity index (χ4v) is 2.60. The summed E-state index contributed by atoms with van der Waals surface area (Å²) in [5, 5.41) is 0. The minimum Gasteiger partial charge on any atom is -0.380 e. The summed E-state index contributed by atoms with van der Waals surface area (Å²) in [5.41, 5.74) is 1.91. The zero-order valence-corrected chi connectivity index (χ0v) is 10.7. The van der Waals surface area contributed by atoms with E-state index in [1.54, 1.807) is 0 Å². The van der Waals surface area contributed by atoms with Gasteiger partial charge in [-0.2, -0.15) is 0 Å². The van der Waals surface area contributed by atoms with Crippen LogP contribution in [0.15, 0.2) is 24.3 Å². The topological polar surface area (TPSA) is 7.60 Å². The van der Waals surface area contributed by atoms with Crippen LogP contribution in [0.25, 0.3) is 4.85 Å². The van der Waals surface area contributed by atoms with Crippen LogP contribution in [0.2, 0.25) is 0 Å². The first-order valence-electron chi connectivity index (χ1n) is 6.44. The van der Waals surface area contributed by atoms with Crippen molar-refractivity contribution in [2.24, 2.45) is 11.8 Å². The highest BCUT2D eigenvalue weighted by Gasteiger charge is 2.23. The lowest BCUT2D eigenvalue weighted by molar-refractivity contribution is 0.322. The van der Waals surface area contributed by atoms with Gasteiger partial charge < -0.3 is 4.90 Å². The van der Waals surface area contributed by atoms with E-state index in [0.717, 1.165) is 36.3 Å². The molecule has 0 spiro atoms. The van der Waals surface area contributed by atoms with Gasteiger partial charge in [0.15, 0.2) is 0 Å². The summed E-state index contributed by atoms with van der Waals surface area (Å²) >= 11 is 0. The van der Waals surface area contributed by atoms with Crippen LogP contribution in [0.5, 0.6) is 0 Å². The Morgan fingerprint density at radius 2 is 2.12 bits per heavy atom. The molecule has 0 aliphatic carbocycles. The number of anilines is 1. The van der Waals surface area contributed by atoms with E-state index >= 15 is 0 Å². The second kappa shape index (κ2) is 5.23. The molecule has 1 atom stereocenters. The van der Waals surface area contributed by atoms with E-state index in [0.29, 0.717) is 0 Å². The predicted octanol–water partition coefficient (Wildman–Crippen LogP) is 4.11. The molecule has 2 heteroatoms. The maximum Gasteiger partial charge on any atom is 0.209 e. The zero-order chi connectivity index (χ0) is 12.3. The summed E-state index contributed by atoms with van der Waals surface area (Å²) in [6, 6.07) is 7.97. The van der Waals surface area contributed by atoms with Crippen molar-refractivity contribution >= 4 is 11.4 Å². The van der Waals surface area contributed by atoms with Crippen molar-refractivity contribution < 1.29 is 0 Å². The number of para-hydroxylation sites is 2.